The Balaban J connectivity index is 1.49. The predicted molar refractivity (Wildman–Crippen MR) is 126 cm³/mol. The molecule has 1 aliphatic heterocycles. The molecule has 3 N–H and O–H groups in total. The van der Waals surface area contributed by atoms with Gasteiger partial charge in [-0.25, -0.2) is 14.5 Å². The van der Waals surface area contributed by atoms with Crippen molar-refractivity contribution in [2.24, 2.45) is 5.92 Å². The highest BCUT2D eigenvalue weighted by atomic mass is 16.5. The molecule has 9 heteroatoms. The van der Waals surface area contributed by atoms with Gasteiger partial charge in [-0.2, -0.15) is 4.98 Å². The topological polar surface area (TPSA) is 106 Å². The number of hydrogen-bond acceptors (Lipinski definition) is 8. The van der Waals surface area contributed by atoms with E-state index in [-0.39, 0.29) is 6.01 Å². The van der Waals surface area contributed by atoms with Crippen LogP contribution in [0.25, 0.3) is 5.65 Å². The molecule has 0 radical (unpaired) electrons. The van der Waals surface area contributed by atoms with Crippen LogP contribution < -0.4 is 20.7 Å². The lowest BCUT2D eigenvalue weighted by Crippen LogP contribution is -2.37. The number of imidazole rings is 1. The molecule has 1 aliphatic rings. The molecule has 4 heterocycles. The van der Waals surface area contributed by atoms with E-state index in [2.05, 4.69) is 45.2 Å². The van der Waals surface area contributed by atoms with Crippen molar-refractivity contribution in [3.63, 3.8) is 0 Å². The van der Waals surface area contributed by atoms with Crippen molar-refractivity contribution in [3.05, 3.63) is 35.3 Å². The molecule has 0 aliphatic carbocycles. The monoisotopic (exact) mass is 438 g/mol. The minimum Gasteiger partial charge on any atom is -0.462 e. The fraction of sp³-hybridized carbons (Fsp3) is 0.565. The Hall–Kier alpha value is -2.94. The predicted octanol–water partition coefficient (Wildman–Crippen LogP) is 2.62. The molecular formula is C23H34N8O. The van der Waals surface area contributed by atoms with Crippen LogP contribution in [0.3, 0.4) is 0 Å². The lowest BCUT2D eigenvalue weighted by atomic mass is 9.96. The molecule has 9 nitrogen and oxygen atoms in total. The SMILES string of the molecule is CCCCOc1nc(N)c2ncc(Cc3cnc(N4CCC(CNC)CC4)c(C)c3)n2n1. The zero-order valence-electron chi connectivity index (χ0n) is 19.3. The quantitative estimate of drug-likeness (QED) is 0.491. The summed E-state index contributed by atoms with van der Waals surface area (Å²) in [6.45, 7) is 8.04. The fourth-order valence-electron chi connectivity index (χ4n) is 4.32. The second kappa shape index (κ2) is 10.1. The van der Waals surface area contributed by atoms with Crippen molar-refractivity contribution in [1.82, 2.24) is 29.9 Å². The second-order valence-corrected chi connectivity index (χ2v) is 8.62. The van der Waals surface area contributed by atoms with Crippen molar-refractivity contribution in [3.8, 4) is 6.01 Å². The first-order chi connectivity index (χ1) is 15.6. The Morgan fingerprint density at radius 2 is 2.03 bits per heavy atom. The maximum atomic E-state index is 6.09. The third kappa shape index (κ3) is 4.93. The zero-order valence-corrected chi connectivity index (χ0v) is 19.3. The van der Waals surface area contributed by atoms with Gasteiger partial charge in [-0.15, -0.1) is 5.10 Å². The minimum absolute atomic E-state index is 0.286. The number of unbranched alkanes of at least 4 members (excludes halogenated alkanes) is 1. The Morgan fingerprint density at radius 3 is 2.75 bits per heavy atom. The Labute approximate surface area is 189 Å². The first-order valence-electron chi connectivity index (χ1n) is 11.6. The van der Waals surface area contributed by atoms with Crippen LogP contribution in [0.15, 0.2) is 18.5 Å². The first-order valence-corrected chi connectivity index (χ1v) is 11.6. The normalized spacial score (nSPS) is 14.9. The van der Waals surface area contributed by atoms with E-state index in [1.54, 1.807) is 10.7 Å². The molecule has 172 valence electrons. The van der Waals surface area contributed by atoms with Gasteiger partial charge in [-0.1, -0.05) is 19.4 Å². The molecule has 0 atom stereocenters. The van der Waals surface area contributed by atoms with Crippen molar-refractivity contribution >= 4 is 17.3 Å². The lowest BCUT2D eigenvalue weighted by molar-refractivity contribution is 0.280. The lowest BCUT2D eigenvalue weighted by Gasteiger charge is -2.33. The van der Waals surface area contributed by atoms with E-state index in [1.165, 1.54) is 18.4 Å². The van der Waals surface area contributed by atoms with Crippen molar-refractivity contribution in [2.45, 2.75) is 46.0 Å². The van der Waals surface area contributed by atoms with E-state index in [4.69, 9.17) is 15.5 Å². The summed E-state index contributed by atoms with van der Waals surface area (Å²) < 4.78 is 7.40. The van der Waals surface area contributed by atoms with Gasteiger partial charge in [-0.3, -0.25) is 0 Å². The van der Waals surface area contributed by atoms with Gasteiger partial charge in [0.1, 0.15) is 5.82 Å². The molecule has 4 rings (SSSR count). The number of ether oxygens (including phenoxy) is 1. The van der Waals surface area contributed by atoms with Gasteiger partial charge in [0.25, 0.3) is 0 Å². The Morgan fingerprint density at radius 1 is 1.22 bits per heavy atom. The van der Waals surface area contributed by atoms with Crippen LogP contribution in [-0.4, -0.2) is 57.9 Å². The van der Waals surface area contributed by atoms with Crippen LogP contribution in [0, 0.1) is 12.8 Å². The van der Waals surface area contributed by atoms with Gasteiger partial charge in [-0.05, 0) is 56.8 Å². The van der Waals surface area contributed by atoms with Crippen LogP contribution in [0.4, 0.5) is 11.6 Å². The molecular weight excluding hydrogens is 404 g/mol. The molecule has 0 unspecified atom stereocenters. The number of aryl methyl sites for hydroxylation is 1. The maximum Gasteiger partial charge on any atom is 0.336 e. The van der Waals surface area contributed by atoms with Crippen LogP contribution in [0.5, 0.6) is 6.01 Å². The number of hydrogen-bond donors (Lipinski definition) is 2. The number of aromatic nitrogens is 5. The van der Waals surface area contributed by atoms with Gasteiger partial charge in [0, 0.05) is 25.7 Å². The summed E-state index contributed by atoms with van der Waals surface area (Å²) in [5.74, 6) is 2.17. The van der Waals surface area contributed by atoms with Gasteiger partial charge in [0.2, 0.25) is 0 Å². The van der Waals surface area contributed by atoms with Crippen molar-refractivity contribution in [1.29, 1.82) is 0 Å². The molecule has 3 aromatic rings. The van der Waals surface area contributed by atoms with E-state index in [0.29, 0.717) is 24.5 Å². The summed E-state index contributed by atoms with van der Waals surface area (Å²) in [5, 5.41) is 7.80. The molecule has 32 heavy (non-hydrogen) atoms. The van der Waals surface area contributed by atoms with Gasteiger partial charge < -0.3 is 20.7 Å². The molecule has 0 spiro atoms. The largest absolute Gasteiger partial charge is 0.462 e. The number of anilines is 2. The van der Waals surface area contributed by atoms with E-state index in [1.807, 2.05) is 13.2 Å². The van der Waals surface area contributed by atoms with E-state index in [0.717, 1.165) is 55.5 Å². The highest BCUT2D eigenvalue weighted by molar-refractivity contribution is 5.60. The highest BCUT2D eigenvalue weighted by Gasteiger charge is 2.21. The van der Waals surface area contributed by atoms with Crippen LogP contribution in [0.1, 0.15) is 49.4 Å². The molecule has 1 fully saturated rings. The van der Waals surface area contributed by atoms with E-state index >= 15 is 0 Å². The fourth-order valence-corrected chi connectivity index (χ4v) is 4.32. The number of nitrogen functional groups attached to an aromatic ring is 1. The number of rotatable bonds is 9. The molecule has 3 aromatic heterocycles. The van der Waals surface area contributed by atoms with Crippen molar-refractivity contribution < 1.29 is 4.74 Å². The maximum absolute atomic E-state index is 6.09. The average Bonchev–Trinajstić information content (AvgIpc) is 3.18. The second-order valence-electron chi connectivity index (χ2n) is 8.62. The van der Waals surface area contributed by atoms with E-state index < -0.39 is 0 Å². The Bertz CT molecular complexity index is 1040. The average molecular weight is 439 g/mol. The standard InChI is InChI=1S/C23H34N8O/c1-4-5-10-32-23-28-20(24)22-27-15-19(31(22)29-23)12-18-11-16(2)21(26-14-18)30-8-6-17(7-9-30)13-25-3/h11,14-15,17,25H,4-10,12-13H2,1-3H3,(H2,24,28,29). The van der Waals surface area contributed by atoms with Crippen LogP contribution >= 0.6 is 0 Å². The smallest absolute Gasteiger partial charge is 0.336 e. The molecule has 0 bridgehead atoms. The summed E-state index contributed by atoms with van der Waals surface area (Å²) in [7, 11) is 2.03. The zero-order chi connectivity index (χ0) is 22.5. The summed E-state index contributed by atoms with van der Waals surface area (Å²) >= 11 is 0. The van der Waals surface area contributed by atoms with Gasteiger partial charge in [0.05, 0.1) is 18.5 Å². The first kappa shape index (κ1) is 22.3. The third-order valence-corrected chi connectivity index (χ3v) is 6.07. The summed E-state index contributed by atoms with van der Waals surface area (Å²) in [6, 6.07) is 2.50. The van der Waals surface area contributed by atoms with Gasteiger partial charge in [0.15, 0.2) is 11.5 Å². The molecule has 0 amide bonds. The number of nitrogens with zero attached hydrogens (tertiary/aromatic N) is 6. The number of fused-ring (bicyclic) bond motifs is 1. The van der Waals surface area contributed by atoms with Crippen LogP contribution in [0.2, 0.25) is 0 Å². The third-order valence-electron chi connectivity index (χ3n) is 6.07. The van der Waals surface area contributed by atoms with Crippen LogP contribution in [-0.2, 0) is 6.42 Å². The van der Waals surface area contributed by atoms with E-state index in [9.17, 15) is 0 Å². The molecule has 0 saturated carbocycles. The highest BCUT2D eigenvalue weighted by Crippen LogP contribution is 2.25. The Kier molecular flexibility index (Phi) is 7.04. The minimum atomic E-state index is 0.286. The number of nitrogens with one attached hydrogen (secondary N) is 1. The number of piperidine rings is 1. The number of nitrogens with two attached hydrogens (primary N) is 1. The number of pyridine rings is 1. The molecule has 1 saturated heterocycles. The summed E-state index contributed by atoms with van der Waals surface area (Å²) in [4.78, 5) is 15.9. The van der Waals surface area contributed by atoms with Crippen molar-refractivity contribution in [2.75, 3.05) is 43.9 Å². The summed E-state index contributed by atoms with van der Waals surface area (Å²) in [6.07, 6.45) is 8.82. The van der Waals surface area contributed by atoms with Gasteiger partial charge >= 0.3 is 6.01 Å². The molecule has 0 aromatic carbocycles. The summed E-state index contributed by atoms with van der Waals surface area (Å²) in [5.41, 5.74) is 9.87.